The number of carbonyl (C=O) groups is 1. The monoisotopic (exact) mass is 299 g/mol. The molecule has 21 heavy (non-hydrogen) atoms. The topological polar surface area (TPSA) is 46.9 Å². The Hall–Kier alpha value is -2.33. The first-order valence-electron chi connectivity index (χ1n) is 6.60. The third-order valence-corrected chi connectivity index (χ3v) is 3.67. The average Bonchev–Trinajstić information content (AvgIpc) is 2.86. The second-order valence-electron chi connectivity index (χ2n) is 4.83. The molecule has 2 aromatic heterocycles. The van der Waals surface area contributed by atoms with Gasteiger partial charge in [-0.25, -0.2) is 4.98 Å². The van der Waals surface area contributed by atoms with Crippen molar-refractivity contribution in [2.24, 2.45) is 0 Å². The first-order valence-corrected chi connectivity index (χ1v) is 6.98. The number of anilines is 1. The molecule has 0 radical (unpaired) electrons. The lowest BCUT2D eigenvalue weighted by atomic mass is 10.2. The number of nitrogens with one attached hydrogen (secondary N) is 1. The Bertz CT molecular complexity index is 810. The van der Waals surface area contributed by atoms with Crippen molar-refractivity contribution in [2.45, 2.75) is 13.5 Å². The summed E-state index contributed by atoms with van der Waals surface area (Å²) >= 11 is 6.13. The molecule has 2 heterocycles. The standard InChI is InChI=1S/C16H14ClN3O/c1-11-4-3-8-18-16(11)19-15(21)10-20-9-7-12-13(17)5-2-6-14(12)20/h2-9H,10H2,1H3,(H,18,19,21). The summed E-state index contributed by atoms with van der Waals surface area (Å²) in [6.07, 6.45) is 3.52. The third-order valence-electron chi connectivity index (χ3n) is 3.34. The number of aromatic nitrogens is 2. The van der Waals surface area contributed by atoms with E-state index in [4.69, 9.17) is 11.6 Å². The van der Waals surface area contributed by atoms with E-state index in [1.54, 1.807) is 6.20 Å². The van der Waals surface area contributed by atoms with Crippen molar-refractivity contribution in [3.05, 3.63) is 59.4 Å². The Morgan fingerprint density at radius 1 is 1.29 bits per heavy atom. The molecule has 0 fully saturated rings. The molecule has 0 aliphatic heterocycles. The number of amides is 1. The summed E-state index contributed by atoms with van der Waals surface area (Å²) in [4.78, 5) is 16.3. The molecule has 3 rings (SSSR count). The van der Waals surface area contributed by atoms with Gasteiger partial charge in [-0.2, -0.15) is 0 Å². The fourth-order valence-corrected chi connectivity index (χ4v) is 2.50. The summed E-state index contributed by atoms with van der Waals surface area (Å²) in [6.45, 7) is 2.13. The van der Waals surface area contributed by atoms with Crippen molar-refractivity contribution in [3.63, 3.8) is 0 Å². The lowest BCUT2D eigenvalue weighted by molar-refractivity contribution is -0.116. The van der Waals surface area contributed by atoms with Gasteiger partial charge < -0.3 is 9.88 Å². The van der Waals surface area contributed by atoms with Crippen LogP contribution in [0.15, 0.2) is 48.8 Å². The van der Waals surface area contributed by atoms with E-state index in [1.165, 1.54) is 0 Å². The Kier molecular flexibility index (Phi) is 3.62. The second kappa shape index (κ2) is 5.58. The highest BCUT2D eigenvalue weighted by atomic mass is 35.5. The van der Waals surface area contributed by atoms with Crippen molar-refractivity contribution in [1.29, 1.82) is 0 Å². The molecule has 0 aliphatic rings. The average molecular weight is 300 g/mol. The van der Waals surface area contributed by atoms with Crippen LogP contribution in [0.1, 0.15) is 5.56 Å². The number of rotatable bonds is 3. The van der Waals surface area contributed by atoms with Crippen LogP contribution < -0.4 is 5.32 Å². The molecule has 1 aromatic carbocycles. The van der Waals surface area contributed by atoms with Gasteiger partial charge in [0.2, 0.25) is 5.91 Å². The molecule has 0 spiro atoms. The highest BCUT2D eigenvalue weighted by Gasteiger charge is 2.09. The zero-order chi connectivity index (χ0) is 14.8. The molecule has 0 saturated carbocycles. The van der Waals surface area contributed by atoms with Gasteiger partial charge >= 0.3 is 0 Å². The molecule has 1 amide bonds. The van der Waals surface area contributed by atoms with Crippen molar-refractivity contribution in [2.75, 3.05) is 5.32 Å². The van der Waals surface area contributed by atoms with Gasteiger partial charge in [0, 0.05) is 28.3 Å². The predicted octanol–water partition coefficient (Wildman–Crippen LogP) is 3.64. The van der Waals surface area contributed by atoms with Gasteiger partial charge in [0.05, 0.1) is 0 Å². The lowest BCUT2D eigenvalue weighted by Crippen LogP contribution is -2.19. The number of benzene rings is 1. The van der Waals surface area contributed by atoms with Gasteiger partial charge in [-0.05, 0) is 36.8 Å². The SMILES string of the molecule is Cc1cccnc1NC(=O)Cn1ccc2c(Cl)cccc21. The van der Waals surface area contributed by atoms with Crippen LogP contribution in [0.3, 0.4) is 0 Å². The quantitative estimate of drug-likeness (QED) is 0.802. The van der Waals surface area contributed by atoms with E-state index in [-0.39, 0.29) is 12.5 Å². The Balaban J connectivity index is 1.81. The van der Waals surface area contributed by atoms with E-state index >= 15 is 0 Å². The van der Waals surface area contributed by atoms with Crippen molar-refractivity contribution in [3.8, 4) is 0 Å². The van der Waals surface area contributed by atoms with E-state index < -0.39 is 0 Å². The lowest BCUT2D eigenvalue weighted by Gasteiger charge is -2.08. The van der Waals surface area contributed by atoms with Gasteiger partial charge in [-0.1, -0.05) is 23.7 Å². The molecule has 0 saturated heterocycles. The maximum atomic E-state index is 12.2. The van der Waals surface area contributed by atoms with E-state index in [2.05, 4.69) is 10.3 Å². The molecular formula is C16H14ClN3O. The zero-order valence-corrected chi connectivity index (χ0v) is 12.3. The number of nitrogens with zero attached hydrogens (tertiary/aromatic N) is 2. The molecule has 1 N–H and O–H groups in total. The summed E-state index contributed by atoms with van der Waals surface area (Å²) < 4.78 is 1.87. The minimum atomic E-state index is -0.116. The minimum Gasteiger partial charge on any atom is -0.338 e. The largest absolute Gasteiger partial charge is 0.338 e. The van der Waals surface area contributed by atoms with Gasteiger partial charge in [0.1, 0.15) is 12.4 Å². The second-order valence-corrected chi connectivity index (χ2v) is 5.24. The van der Waals surface area contributed by atoms with Crippen LogP contribution >= 0.6 is 11.6 Å². The summed E-state index contributed by atoms with van der Waals surface area (Å²) in [5, 5.41) is 4.46. The maximum Gasteiger partial charge on any atom is 0.245 e. The molecule has 0 unspecified atom stereocenters. The van der Waals surface area contributed by atoms with E-state index in [0.29, 0.717) is 10.8 Å². The minimum absolute atomic E-state index is 0.116. The fourth-order valence-electron chi connectivity index (χ4n) is 2.27. The molecule has 106 valence electrons. The van der Waals surface area contributed by atoms with Gasteiger partial charge in [0.15, 0.2) is 0 Å². The van der Waals surface area contributed by atoms with Gasteiger partial charge in [0.25, 0.3) is 0 Å². The fraction of sp³-hybridized carbons (Fsp3) is 0.125. The van der Waals surface area contributed by atoms with Crippen LogP contribution in [0.4, 0.5) is 5.82 Å². The Morgan fingerprint density at radius 3 is 2.95 bits per heavy atom. The van der Waals surface area contributed by atoms with Crippen LogP contribution in [0.25, 0.3) is 10.9 Å². The number of hydrogen-bond donors (Lipinski definition) is 1. The van der Waals surface area contributed by atoms with E-state index in [1.807, 2.05) is 54.1 Å². The number of carbonyl (C=O) groups excluding carboxylic acids is 1. The summed E-state index contributed by atoms with van der Waals surface area (Å²) in [7, 11) is 0. The van der Waals surface area contributed by atoms with Crippen LogP contribution in [0.5, 0.6) is 0 Å². The summed E-state index contributed by atoms with van der Waals surface area (Å²) in [5.74, 6) is 0.478. The van der Waals surface area contributed by atoms with Crippen LogP contribution in [-0.2, 0) is 11.3 Å². The highest BCUT2D eigenvalue weighted by Crippen LogP contribution is 2.24. The molecular weight excluding hydrogens is 286 g/mol. The third kappa shape index (κ3) is 2.76. The van der Waals surface area contributed by atoms with Crippen molar-refractivity contribution in [1.82, 2.24) is 9.55 Å². The number of hydrogen-bond acceptors (Lipinski definition) is 2. The smallest absolute Gasteiger partial charge is 0.245 e. The highest BCUT2D eigenvalue weighted by molar-refractivity contribution is 6.35. The normalized spacial score (nSPS) is 10.8. The zero-order valence-electron chi connectivity index (χ0n) is 11.5. The number of halogens is 1. The van der Waals surface area contributed by atoms with E-state index in [9.17, 15) is 4.79 Å². The molecule has 0 bridgehead atoms. The Labute approximate surface area is 127 Å². The first-order chi connectivity index (χ1) is 10.1. The van der Waals surface area contributed by atoms with Gasteiger partial charge in [-0.3, -0.25) is 4.79 Å². The maximum absolute atomic E-state index is 12.2. The van der Waals surface area contributed by atoms with Crippen molar-refractivity contribution >= 4 is 34.2 Å². The van der Waals surface area contributed by atoms with Crippen LogP contribution in [-0.4, -0.2) is 15.5 Å². The number of aryl methyl sites for hydroxylation is 1. The van der Waals surface area contributed by atoms with Crippen LogP contribution in [0, 0.1) is 6.92 Å². The van der Waals surface area contributed by atoms with Crippen LogP contribution in [0.2, 0.25) is 5.02 Å². The van der Waals surface area contributed by atoms with E-state index in [0.717, 1.165) is 16.5 Å². The molecule has 0 atom stereocenters. The van der Waals surface area contributed by atoms with Gasteiger partial charge in [-0.15, -0.1) is 0 Å². The molecule has 4 nitrogen and oxygen atoms in total. The predicted molar refractivity (Wildman–Crippen MR) is 84.6 cm³/mol. The summed E-state index contributed by atoms with van der Waals surface area (Å²) in [5.41, 5.74) is 1.88. The van der Waals surface area contributed by atoms with Crippen molar-refractivity contribution < 1.29 is 4.79 Å². The summed E-state index contributed by atoms with van der Waals surface area (Å²) in [6, 6.07) is 11.3. The number of pyridine rings is 1. The number of fused-ring (bicyclic) bond motifs is 1. The molecule has 0 aliphatic carbocycles. The molecule has 3 aromatic rings. The Morgan fingerprint density at radius 2 is 2.14 bits per heavy atom. The first kappa shape index (κ1) is 13.6. The molecule has 5 heteroatoms.